The lowest BCUT2D eigenvalue weighted by atomic mass is 10.0. The van der Waals surface area contributed by atoms with Gasteiger partial charge in [0.2, 0.25) is 0 Å². The molecule has 0 spiro atoms. The molecule has 1 aromatic heterocycles. The van der Waals surface area contributed by atoms with E-state index in [0.29, 0.717) is 18.3 Å². The maximum absolute atomic E-state index is 10.9. The Kier molecular flexibility index (Phi) is 4.88. The number of aromatic carboxylic acids is 1. The van der Waals surface area contributed by atoms with E-state index < -0.39 is 5.97 Å². The van der Waals surface area contributed by atoms with Crippen LogP contribution in [0.2, 0.25) is 0 Å². The summed E-state index contributed by atoms with van der Waals surface area (Å²) in [6.45, 7) is 3.47. The van der Waals surface area contributed by atoms with Crippen molar-refractivity contribution in [2.75, 3.05) is 26.2 Å². The number of rotatable bonds is 6. The number of hydrogen-bond acceptors (Lipinski definition) is 4. The molecule has 1 fully saturated rings. The van der Waals surface area contributed by atoms with Crippen LogP contribution >= 0.6 is 0 Å². The number of carboxylic acid groups (broad SMARTS) is 1. The van der Waals surface area contributed by atoms with Gasteiger partial charge in [0.05, 0.1) is 5.56 Å². The topological polar surface area (TPSA) is 62.7 Å². The van der Waals surface area contributed by atoms with E-state index >= 15 is 0 Å². The van der Waals surface area contributed by atoms with E-state index in [1.807, 2.05) is 12.3 Å². The number of hydrogen-bond donors (Lipinski definition) is 1. The van der Waals surface area contributed by atoms with E-state index in [-0.39, 0.29) is 5.56 Å². The molecule has 23 heavy (non-hydrogen) atoms. The molecule has 1 unspecified atom stereocenters. The van der Waals surface area contributed by atoms with Crippen molar-refractivity contribution in [1.82, 2.24) is 9.88 Å². The van der Waals surface area contributed by atoms with Crippen LogP contribution in [0.1, 0.15) is 28.3 Å². The van der Waals surface area contributed by atoms with Crippen molar-refractivity contribution in [3.8, 4) is 5.75 Å². The van der Waals surface area contributed by atoms with Gasteiger partial charge in [0.15, 0.2) is 0 Å². The third-order valence-corrected chi connectivity index (χ3v) is 4.19. The van der Waals surface area contributed by atoms with Crippen molar-refractivity contribution in [2.45, 2.75) is 12.3 Å². The lowest BCUT2D eigenvalue weighted by molar-refractivity contribution is 0.0696. The van der Waals surface area contributed by atoms with Gasteiger partial charge in [-0.15, -0.1) is 0 Å². The molecule has 5 nitrogen and oxygen atoms in total. The Morgan fingerprint density at radius 2 is 2.26 bits per heavy atom. The van der Waals surface area contributed by atoms with Gasteiger partial charge in [0.1, 0.15) is 12.4 Å². The fourth-order valence-corrected chi connectivity index (χ4v) is 2.94. The van der Waals surface area contributed by atoms with Gasteiger partial charge in [0, 0.05) is 25.5 Å². The van der Waals surface area contributed by atoms with Gasteiger partial charge < -0.3 is 9.84 Å². The maximum Gasteiger partial charge on any atom is 0.335 e. The van der Waals surface area contributed by atoms with Crippen molar-refractivity contribution in [2.24, 2.45) is 0 Å². The highest BCUT2D eigenvalue weighted by atomic mass is 16.5. The summed E-state index contributed by atoms with van der Waals surface area (Å²) in [4.78, 5) is 17.5. The maximum atomic E-state index is 10.9. The smallest absolute Gasteiger partial charge is 0.335 e. The van der Waals surface area contributed by atoms with Crippen LogP contribution in [0.5, 0.6) is 5.75 Å². The second-order valence-corrected chi connectivity index (χ2v) is 5.75. The van der Waals surface area contributed by atoms with Crippen molar-refractivity contribution in [3.63, 3.8) is 0 Å². The van der Waals surface area contributed by atoms with E-state index in [9.17, 15) is 4.79 Å². The van der Waals surface area contributed by atoms with Gasteiger partial charge in [0.25, 0.3) is 0 Å². The lowest BCUT2D eigenvalue weighted by Crippen LogP contribution is -2.26. The number of ether oxygens (including phenoxy) is 1. The molecule has 0 amide bonds. The summed E-state index contributed by atoms with van der Waals surface area (Å²) in [6.07, 6.45) is 4.89. The first-order valence-electron chi connectivity index (χ1n) is 7.81. The zero-order valence-corrected chi connectivity index (χ0v) is 12.9. The molecular weight excluding hydrogens is 292 g/mol. The van der Waals surface area contributed by atoms with Gasteiger partial charge >= 0.3 is 5.97 Å². The summed E-state index contributed by atoms with van der Waals surface area (Å²) in [5.41, 5.74) is 1.55. The van der Waals surface area contributed by atoms with Crippen LogP contribution in [0.3, 0.4) is 0 Å². The highest BCUT2D eigenvalue weighted by Crippen LogP contribution is 2.26. The molecule has 0 radical (unpaired) electrons. The summed E-state index contributed by atoms with van der Waals surface area (Å²) in [7, 11) is 0. The molecule has 1 aliphatic heterocycles. The minimum Gasteiger partial charge on any atom is -0.492 e. The molecule has 5 heteroatoms. The lowest BCUT2D eigenvalue weighted by Gasteiger charge is -2.16. The predicted molar refractivity (Wildman–Crippen MR) is 86.9 cm³/mol. The van der Waals surface area contributed by atoms with Crippen LogP contribution in [0.25, 0.3) is 0 Å². The molecule has 1 atom stereocenters. The Balaban J connectivity index is 1.47. The summed E-state index contributed by atoms with van der Waals surface area (Å²) < 4.78 is 5.68. The number of carboxylic acids is 1. The van der Waals surface area contributed by atoms with Crippen LogP contribution in [0, 0.1) is 0 Å². The van der Waals surface area contributed by atoms with E-state index in [1.54, 1.807) is 30.5 Å². The van der Waals surface area contributed by atoms with E-state index in [4.69, 9.17) is 9.84 Å². The van der Waals surface area contributed by atoms with Crippen molar-refractivity contribution >= 4 is 5.97 Å². The molecule has 2 aromatic rings. The van der Waals surface area contributed by atoms with Crippen LogP contribution in [0.15, 0.2) is 48.8 Å². The molecule has 0 bridgehead atoms. The third kappa shape index (κ3) is 4.07. The fourth-order valence-electron chi connectivity index (χ4n) is 2.94. The Bertz CT molecular complexity index is 660. The predicted octanol–water partition coefficient (Wildman–Crippen LogP) is 2.65. The molecule has 0 aliphatic carbocycles. The molecular formula is C18H20N2O3. The first-order valence-corrected chi connectivity index (χ1v) is 7.81. The summed E-state index contributed by atoms with van der Waals surface area (Å²) in [5.74, 6) is 0.209. The number of nitrogens with zero attached hydrogens (tertiary/aromatic N) is 2. The van der Waals surface area contributed by atoms with Crippen LogP contribution in [-0.2, 0) is 0 Å². The number of likely N-dealkylation sites (tertiary alicyclic amines) is 1. The Morgan fingerprint density at radius 3 is 3.04 bits per heavy atom. The standard InChI is InChI=1S/C18H20N2O3/c21-18(22)14-3-1-5-17(11-14)23-10-9-20-8-6-16(13-20)15-4-2-7-19-12-15/h1-5,7,11-12,16H,6,8-10,13H2,(H,21,22). The third-order valence-electron chi connectivity index (χ3n) is 4.19. The Hall–Kier alpha value is -2.40. The van der Waals surface area contributed by atoms with Crippen LogP contribution < -0.4 is 4.74 Å². The van der Waals surface area contributed by atoms with Crippen molar-refractivity contribution < 1.29 is 14.6 Å². The first-order chi connectivity index (χ1) is 11.2. The van der Waals surface area contributed by atoms with E-state index in [2.05, 4.69) is 16.0 Å². The zero-order valence-electron chi connectivity index (χ0n) is 12.9. The molecule has 120 valence electrons. The molecule has 0 saturated carbocycles. The van der Waals surface area contributed by atoms with Gasteiger partial charge in [-0.1, -0.05) is 12.1 Å². The SMILES string of the molecule is O=C(O)c1cccc(OCCN2CCC(c3cccnc3)C2)c1. The van der Waals surface area contributed by atoms with Gasteiger partial charge in [-0.2, -0.15) is 0 Å². The zero-order chi connectivity index (χ0) is 16.1. The fraction of sp³-hybridized carbons (Fsp3) is 0.333. The quantitative estimate of drug-likeness (QED) is 0.888. The Labute approximate surface area is 135 Å². The minimum absolute atomic E-state index is 0.250. The molecule has 2 heterocycles. The normalized spacial score (nSPS) is 18.0. The highest BCUT2D eigenvalue weighted by Gasteiger charge is 2.23. The minimum atomic E-state index is -0.936. The Morgan fingerprint density at radius 1 is 1.35 bits per heavy atom. The van der Waals surface area contributed by atoms with Crippen LogP contribution in [0.4, 0.5) is 0 Å². The monoisotopic (exact) mass is 312 g/mol. The molecule has 1 aromatic carbocycles. The average Bonchev–Trinajstić information content (AvgIpc) is 3.05. The van der Waals surface area contributed by atoms with Crippen molar-refractivity contribution in [1.29, 1.82) is 0 Å². The summed E-state index contributed by atoms with van der Waals surface area (Å²) >= 11 is 0. The number of carbonyl (C=O) groups is 1. The summed E-state index contributed by atoms with van der Waals surface area (Å²) in [6, 6.07) is 10.7. The van der Waals surface area contributed by atoms with E-state index in [1.165, 1.54) is 5.56 Å². The van der Waals surface area contributed by atoms with Gasteiger partial charge in [-0.25, -0.2) is 4.79 Å². The number of benzene rings is 1. The molecule has 3 rings (SSSR count). The van der Waals surface area contributed by atoms with Crippen LogP contribution in [-0.4, -0.2) is 47.2 Å². The number of pyridine rings is 1. The molecule has 1 aliphatic rings. The molecule has 1 saturated heterocycles. The summed E-state index contributed by atoms with van der Waals surface area (Å²) in [5, 5.41) is 8.98. The van der Waals surface area contributed by atoms with E-state index in [0.717, 1.165) is 26.1 Å². The van der Waals surface area contributed by atoms with Gasteiger partial charge in [-0.3, -0.25) is 9.88 Å². The largest absolute Gasteiger partial charge is 0.492 e. The second kappa shape index (κ2) is 7.24. The first kappa shape index (κ1) is 15.5. The average molecular weight is 312 g/mol. The van der Waals surface area contributed by atoms with Crippen molar-refractivity contribution in [3.05, 3.63) is 59.9 Å². The second-order valence-electron chi connectivity index (χ2n) is 5.75. The number of aromatic nitrogens is 1. The highest BCUT2D eigenvalue weighted by molar-refractivity contribution is 5.87. The van der Waals surface area contributed by atoms with Gasteiger partial charge in [-0.05, 0) is 48.7 Å². The molecule has 1 N–H and O–H groups in total.